The molecule has 0 fully saturated rings. The van der Waals surface area contributed by atoms with E-state index in [1.54, 1.807) is 18.2 Å². The summed E-state index contributed by atoms with van der Waals surface area (Å²) in [4.78, 5) is 37.2. The molecule has 5 rings (SSSR count). The molecule has 0 spiro atoms. The normalized spacial score (nSPS) is 12.1. The maximum atomic E-state index is 13.3. The lowest BCUT2D eigenvalue weighted by Gasteiger charge is -2.26. The summed E-state index contributed by atoms with van der Waals surface area (Å²) < 4.78 is 39.0. The van der Waals surface area contributed by atoms with Gasteiger partial charge < -0.3 is 10.2 Å². The lowest BCUT2D eigenvalue weighted by molar-refractivity contribution is -0.137. The van der Waals surface area contributed by atoms with E-state index in [1.807, 2.05) is 73.3 Å². The van der Waals surface area contributed by atoms with Gasteiger partial charge in [0.25, 0.3) is 5.91 Å². The van der Waals surface area contributed by atoms with Crippen molar-refractivity contribution in [3.05, 3.63) is 126 Å². The zero-order valence-electron chi connectivity index (χ0n) is 24.8. The number of likely N-dealkylation sites (N-methyl/N-ethyl adjacent to an activating group) is 1. The highest BCUT2D eigenvalue weighted by Crippen LogP contribution is 2.31. The molecule has 0 aliphatic rings. The van der Waals surface area contributed by atoms with Crippen molar-refractivity contribution < 1.29 is 22.8 Å². The average Bonchev–Trinajstić information content (AvgIpc) is 3.05. The second kappa shape index (κ2) is 13.7. The second-order valence-corrected chi connectivity index (χ2v) is 10.4. The van der Waals surface area contributed by atoms with Crippen LogP contribution in [0.4, 0.5) is 19.0 Å². The number of halogens is 3. The van der Waals surface area contributed by atoms with Crippen LogP contribution >= 0.6 is 0 Å². The summed E-state index contributed by atoms with van der Waals surface area (Å²) in [5, 5.41) is 7.05. The summed E-state index contributed by atoms with van der Waals surface area (Å²) in [6.45, 7) is 5.63. The first-order chi connectivity index (χ1) is 21.7. The molecule has 45 heavy (non-hydrogen) atoms. The number of amides is 2. The maximum Gasteiger partial charge on any atom is 0.416 e. The molecule has 2 aromatic heterocycles. The molecule has 7 nitrogen and oxygen atoms in total. The third kappa shape index (κ3) is 7.35. The van der Waals surface area contributed by atoms with Gasteiger partial charge in [0.1, 0.15) is 11.9 Å². The molecule has 5 aromatic rings. The Morgan fingerprint density at radius 3 is 2.29 bits per heavy atom. The van der Waals surface area contributed by atoms with Crippen LogP contribution in [0.15, 0.2) is 103 Å². The van der Waals surface area contributed by atoms with Crippen molar-refractivity contribution in [3.63, 3.8) is 0 Å². The van der Waals surface area contributed by atoms with E-state index in [4.69, 9.17) is 0 Å². The minimum absolute atomic E-state index is 0.0177. The van der Waals surface area contributed by atoms with E-state index in [0.717, 1.165) is 28.6 Å². The molecule has 0 saturated carbocycles. The number of carbonyl (C=O) groups excluding carboxylic acids is 2. The maximum absolute atomic E-state index is 13.3. The molecule has 0 aliphatic heterocycles. The zero-order chi connectivity index (χ0) is 32.0. The van der Waals surface area contributed by atoms with Gasteiger partial charge in [-0.2, -0.15) is 13.2 Å². The highest BCUT2D eigenvalue weighted by molar-refractivity contribution is 6.08. The lowest BCUT2D eigenvalue weighted by Crippen LogP contribution is -2.40. The van der Waals surface area contributed by atoms with Crippen LogP contribution in [0.5, 0.6) is 0 Å². The fourth-order valence-electron chi connectivity index (χ4n) is 5.10. The van der Waals surface area contributed by atoms with Gasteiger partial charge in [0.15, 0.2) is 0 Å². The fraction of sp³-hybridized carbons (Fsp3) is 0.200. The number of nitrogens with zero attached hydrogens (tertiary/aromatic N) is 3. The lowest BCUT2D eigenvalue weighted by atomic mass is 10.0. The minimum atomic E-state index is -4.46. The summed E-state index contributed by atoms with van der Waals surface area (Å²) in [5.41, 5.74) is 2.58. The van der Waals surface area contributed by atoms with Crippen molar-refractivity contribution in [3.8, 4) is 11.3 Å². The first kappa shape index (κ1) is 31.3. The monoisotopic (exact) mass is 611 g/mol. The van der Waals surface area contributed by atoms with Crippen LogP contribution in [-0.4, -0.2) is 39.8 Å². The van der Waals surface area contributed by atoms with Gasteiger partial charge in [-0.05, 0) is 73.5 Å². The van der Waals surface area contributed by atoms with Crippen LogP contribution in [0.2, 0.25) is 0 Å². The van der Waals surface area contributed by atoms with E-state index in [-0.39, 0.29) is 17.2 Å². The van der Waals surface area contributed by atoms with Gasteiger partial charge in [-0.25, -0.2) is 4.98 Å². The number of rotatable bonds is 10. The molecule has 2 heterocycles. The predicted octanol–water partition coefficient (Wildman–Crippen LogP) is 7.27. The average molecular weight is 612 g/mol. The molecular formula is C35H32F3N5O2. The number of aromatic nitrogens is 2. The van der Waals surface area contributed by atoms with Crippen molar-refractivity contribution in [1.82, 2.24) is 20.2 Å². The van der Waals surface area contributed by atoms with Crippen LogP contribution in [0.1, 0.15) is 46.9 Å². The first-order valence-electron chi connectivity index (χ1n) is 14.6. The highest BCUT2D eigenvalue weighted by Gasteiger charge is 2.30. The Hall–Kier alpha value is -5.09. The molecule has 2 N–H and O–H groups in total. The summed E-state index contributed by atoms with van der Waals surface area (Å²) in [5.74, 6) is -0.158. The largest absolute Gasteiger partial charge is 0.416 e. The Morgan fingerprint density at radius 1 is 0.867 bits per heavy atom. The van der Waals surface area contributed by atoms with E-state index in [9.17, 15) is 22.8 Å². The molecule has 230 valence electrons. The molecule has 0 bridgehead atoms. The number of alkyl halides is 3. The van der Waals surface area contributed by atoms with Crippen LogP contribution in [0.25, 0.3) is 22.2 Å². The molecule has 0 saturated heterocycles. The number of carbonyl (C=O) groups is 2. The summed E-state index contributed by atoms with van der Waals surface area (Å²) in [6.07, 6.45) is -2.98. The number of anilines is 1. The van der Waals surface area contributed by atoms with Gasteiger partial charge in [0, 0.05) is 36.8 Å². The van der Waals surface area contributed by atoms with E-state index in [0.29, 0.717) is 36.5 Å². The van der Waals surface area contributed by atoms with Gasteiger partial charge in [-0.3, -0.25) is 19.9 Å². The number of pyridine rings is 2. The molecular weight excluding hydrogens is 579 g/mol. The molecule has 0 unspecified atom stereocenters. The number of nitrogens with one attached hydrogen (secondary N) is 2. The quantitative estimate of drug-likeness (QED) is 0.174. The van der Waals surface area contributed by atoms with Crippen molar-refractivity contribution in [2.75, 3.05) is 18.4 Å². The Bertz CT molecular complexity index is 1790. The van der Waals surface area contributed by atoms with Gasteiger partial charge in [0.2, 0.25) is 5.91 Å². The number of hydrogen-bond donors (Lipinski definition) is 2. The Labute approximate surface area is 259 Å². The van der Waals surface area contributed by atoms with Gasteiger partial charge in [-0.15, -0.1) is 0 Å². The topological polar surface area (TPSA) is 87.2 Å². The molecule has 0 radical (unpaired) electrons. The van der Waals surface area contributed by atoms with E-state index in [1.165, 1.54) is 18.3 Å². The highest BCUT2D eigenvalue weighted by atomic mass is 19.4. The summed E-state index contributed by atoms with van der Waals surface area (Å²) >= 11 is 0. The molecule has 3 aromatic carbocycles. The van der Waals surface area contributed by atoms with E-state index in [2.05, 4.69) is 20.6 Å². The second-order valence-electron chi connectivity index (χ2n) is 10.4. The minimum Gasteiger partial charge on any atom is -0.342 e. The van der Waals surface area contributed by atoms with Crippen molar-refractivity contribution in [1.29, 1.82) is 0 Å². The van der Waals surface area contributed by atoms with Gasteiger partial charge in [-0.1, -0.05) is 48.5 Å². The smallest absolute Gasteiger partial charge is 0.342 e. The molecule has 0 aliphatic carbocycles. The summed E-state index contributed by atoms with van der Waals surface area (Å²) in [7, 11) is 0. The van der Waals surface area contributed by atoms with Crippen LogP contribution in [0, 0.1) is 0 Å². The van der Waals surface area contributed by atoms with Gasteiger partial charge in [0.05, 0.1) is 22.3 Å². The first-order valence-corrected chi connectivity index (χ1v) is 14.6. The number of hydrogen-bond acceptors (Lipinski definition) is 5. The molecule has 2 amide bonds. The predicted molar refractivity (Wildman–Crippen MR) is 168 cm³/mol. The third-order valence-electron chi connectivity index (χ3n) is 7.50. The fourth-order valence-corrected chi connectivity index (χ4v) is 5.10. The third-order valence-corrected chi connectivity index (χ3v) is 7.50. The SMILES string of the molecule is CCN(CC)C(=O)[C@@H](NCc1ccc2nc(NC(=O)c3cccnc3-c3ccc(C(F)(F)F)cc3)ccc2c1)c1ccccc1. The number of fused-ring (bicyclic) bond motifs is 1. The van der Waals surface area contributed by atoms with E-state index >= 15 is 0 Å². The Kier molecular flexibility index (Phi) is 9.53. The van der Waals surface area contributed by atoms with Gasteiger partial charge >= 0.3 is 6.18 Å². The van der Waals surface area contributed by atoms with Crippen molar-refractivity contribution in [2.45, 2.75) is 32.6 Å². The van der Waals surface area contributed by atoms with Crippen LogP contribution in [0.3, 0.4) is 0 Å². The summed E-state index contributed by atoms with van der Waals surface area (Å²) in [6, 6.07) is 26.1. The Morgan fingerprint density at radius 2 is 1.60 bits per heavy atom. The standard InChI is InChI=1S/C35H32F3N5O2/c1-3-43(4-2)34(45)32(24-9-6-5-7-10-24)40-22-23-12-18-29-26(21-23)15-19-30(41-29)42-33(44)28-11-8-20-39-31(28)25-13-16-27(17-14-25)35(36,37)38/h5-21,32,40H,3-4,22H2,1-2H3,(H,41,42,44)/t32-/m0/s1. The Balaban J connectivity index is 1.31. The molecule has 1 atom stereocenters. The molecule has 10 heteroatoms. The zero-order valence-corrected chi connectivity index (χ0v) is 24.8. The van der Waals surface area contributed by atoms with E-state index < -0.39 is 23.7 Å². The van der Waals surface area contributed by atoms with Crippen molar-refractivity contribution >= 4 is 28.5 Å². The number of benzene rings is 3. The van der Waals surface area contributed by atoms with Crippen LogP contribution < -0.4 is 10.6 Å². The van der Waals surface area contributed by atoms with Crippen molar-refractivity contribution in [2.24, 2.45) is 0 Å². The van der Waals surface area contributed by atoms with Crippen LogP contribution in [-0.2, 0) is 17.5 Å².